The molecule has 0 aromatic heterocycles. The molecule has 2 aliphatic rings. The number of fused-ring (bicyclic) bond motifs is 2. The summed E-state index contributed by atoms with van der Waals surface area (Å²) < 4.78 is 19.5. The molecule has 0 heterocycles. The van der Waals surface area contributed by atoms with E-state index in [2.05, 4.69) is 185 Å². The van der Waals surface area contributed by atoms with Crippen molar-refractivity contribution in [3.8, 4) is 17.2 Å². The van der Waals surface area contributed by atoms with Crippen molar-refractivity contribution in [1.29, 1.82) is 0 Å². The van der Waals surface area contributed by atoms with Gasteiger partial charge in [0.25, 0.3) is 0 Å². The van der Waals surface area contributed by atoms with Gasteiger partial charge in [-0.15, -0.1) is 0 Å². The van der Waals surface area contributed by atoms with Gasteiger partial charge in [0.2, 0.25) is 0 Å². The van der Waals surface area contributed by atoms with Crippen LogP contribution < -0.4 is 19.5 Å². The van der Waals surface area contributed by atoms with E-state index in [-0.39, 0.29) is 10.8 Å². The molecule has 5 heteroatoms. The van der Waals surface area contributed by atoms with Crippen molar-refractivity contribution in [2.75, 3.05) is 20.8 Å². The van der Waals surface area contributed by atoms with E-state index >= 15 is 0 Å². The summed E-state index contributed by atoms with van der Waals surface area (Å²) >= 11 is 2.43. The van der Waals surface area contributed by atoms with Gasteiger partial charge in [0, 0.05) is 43.7 Å². The molecule has 4 nitrogen and oxygen atoms in total. The van der Waals surface area contributed by atoms with Crippen LogP contribution in [0.25, 0.3) is 10.8 Å². The lowest BCUT2D eigenvalue weighted by Crippen LogP contribution is -2.32. The summed E-state index contributed by atoms with van der Waals surface area (Å²) in [7, 11) is 3.47. The molecular weight excluding hydrogens is 765 g/mol. The highest BCUT2D eigenvalue weighted by Gasteiger charge is 2.37. The Morgan fingerprint density at radius 1 is 0.906 bits per heavy atom. The van der Waals surface area contributed by atoms with Gasteiger partial charge in [-0.05, 0) is 112 Å². The topological polar surface area (TPSA) is 39.7 Å². The quantitative estimate of drug-likeness (QED) is 0.114. The standard InChI is InChI=1S/C48H52INO3/c1-9-32-28-36-21-24-38(51-7)29-42(36)48(5,6)41(32)26-22-35-19-18-34(46(35)53-45-17-13-15-33-14-11-12-16-40(33)45)20-23-37(31-50-10-2)47(3,4)43-30-39(52-8)25-27-44(43)49/h11-27,29-32,50H,9-10,28H2,1-8H3/b23-20+,35-22+,37-31+,41-26-. The van der Waals surface area contributed by atoms with Gasteiger partial charge in [0.15, 0.2) is 0 Å². The Balaban J connectivity index is 1.46. The number of halogens is 1. The lowest BCUT2D eigenvalue weighted by molar-refractivity contribution is 0.406. The Labute approximate surface area is 330 Å². The van der Waals surface area contributed by atoms with Crippen LogP contribution in [0, 0.1) is 9.49 Å². The first-order valence-electron chi connectivity index (χ1n) is 18.7. The monoisotopic (exact) mass is 817 g/mol. The highest BCUT2D eigenvalue weighted by molar-refractivity contribution is 14.1. The van der Waals surface area contributed by atoms with Crippen LogP contribution in [0.5, 0.6) is 17.2 Å². The SMILES string of the molecule is CCN/C=C(\C=C\C1=C(Oc2cccc3ccccc23)C(=C/C=C2/C(CC)Cc3ccc(OC)cc3C2(C)C)/C=C1)C(C)(C)c1cc(OC)ccc1I. The average Bonchev–Trinajstić information content (AvgIpc) is 3.54. The zero-order valence-corrected chi connectivity index (χ0v) is 34.5. The number of ether oxygens (including phenoxy) is 3. The molecule has 0 bridgehead atoms. The van der Waals surface area contributed by atoms with Crippen molar-refractivity contribution in [1.82, 2.24) is 5.32 Å². The number of hydrogen-bond donors (Lipinski definition) is 1. The number of benzene rings is 4. The molecule has 0 aliphatic heterocycles. The van der Waals surface area contributed by atoms with Gasteiger partial charge in [0.1, 0.15) is 23.0 Å². The van der Waals surface area contributed by atoms with Gasteiger partial charge in [-0.3, -0.25) is 0 Å². The van der Waals surface area contributed by atoms with Gasteiger partial charge in [-0.25, -0.2) is 0 Å². The fourth-order valence-electron chi connectivity index (χ4n) is 7.74. The third-order valence-electron chi connectivity index (χ3n) is 11.0. The molecule has 0 fully saturated rings. The molecule has 0 spiro atoms. The summed E-state index contributed by atoms with van der Waals surface area (Å²) in [6.07, 6.45) is 17.7. The number of allylic oxidation sites excluding steroid dienone is 9. The highest BCUT2D eigenvalue weighted by atomic mass is 127. The van der Waals surface area contributed by atoms with Crippen LogP contribution in [0.2, 0.25) is 0 Å². The lowest BCUT2D eigenvalue weighted by Gasteiger charge is -2.40. The van der Waals surface area contributed by atoms with Crippen molar-refractivity contribution in [3.63, 3.8) is 0 Å². The van der Waals surface area contributed by atoms with Gasteiger partial charge in [-0.1, -0.05) is 119 Å². The normalized spacial score (nSPS) is 18.7. The van der Waals surface area contributed by atoms with Crippen molar-refractivity contribution in [2.45, 2.75) is 65.2 Å². The molecule has 0 saturated carbocycles. The Hall–Kier alpha value is -4.49. The number of methoxy groups -OCH3 is 2. The molecule has 0 radical (unpaired) electrons. The maximum Gasteiger partial charge on any atom is 0.141 e. The fourth-order valence-corrected chi connectivity index (χ4v) is 8.75. The van der Waals surface area contributed by atoms with E-state index in [4.69, 9.17) is 14.2 Å². The summed E-state index contributed by atoms with van der Waals surface area (Å²) in [5.41, 5.74) is 8.15. The second kappa shape index (κ2) is 16.3. The molecule has 1 atom stereocenters. The zero-order chi connectivity index (χ0) is 37.8. The summed E-state index contributed by atoms with van der Waals surface area (Å²) in [6, 6.07) is 27.5. The van der Waals surface area contributed by atoms with Crippen LogP contribution in [-0.4, -0.2) is 20.8 Å². The third kappa shape index (κ3) is 7.91. The lowest BCUT2D eigenvalue weighted by atomic mass is 9.64. The minimum Gasteiger partial charge on any atom is -0.497 e. The van der Waals surface area contributed by atoms with E-state index in [1.165, 1.54) is 25.8 Å². The molecule has 1 unspecified atom stereocenters. The smallest absolute Gasteiger partial charge is 0.141 e. The van der Waals surface area contributed by atoms with E-state index in [9.17, 15) is 0 Å². The second-order valence-electron chi connectivity index (χ2n) is 14.9. The third-order valence-corrected chi connectivity index (χ3v) is 11.9. The first-order chi connectivity index (χ1) is 25.5. The van der Waals surface area contributed by atoms with Crippen molar-refractivity contribution < 1.29 is 14.2 Å². The first kappa shape index (κ1) is 38.2. The summed E-state index contributed by atoms with van der Waals surface area (Å²) in [5.74, 6) is 3.88. The summed E-state index contributed by atoms with van der Waals surface area (Å²) in [6.45, 7) is 14.5. The molecule has 0 saturated heterocycles. The maximum absolute atomic E-state index is 6.98. The molecule has 4 aromatic rings. The number of nitrogens with one attached hydrogen (secondary N) is 1. The Morgan fingerprint density at radius 2 is 1.64 bits per heavy atom. The molecule has 6 rings (SSSR count). The molecule has 1 N–H and O–H groups in total. The molecule has 2 aliphatic carbocycles. The highest BCUT2D eigenvalue weighted by Crippen LogP contribution is 2.46. The van der Waals surface area contributed by atoms with Gasteiger partial charge in [0.05, 0.1) is 14.2 Å². The Bertz CT molecular complexity index is 2170. The first-order valence-corrected chi connectivity index (χ1v) is 19.7. The molecule has 53 heavy (non-hydrogen) atoms. The summed E-state index contributed by atoms with van der Waals surface area (Å²) in [5, 5.41) is 5.71. The summed E-state index contributed by atoms with van der Waals surface area (Å²) in [4.78, 5) is 0. The molecular formula is C48H52INO3. The van der Waals surface area contributed by atoms with Crippen molar-refractivity contribution in [3.05, 3.63) is 170 Å². The van der Waals surface area contributed by atoms with Crippen LogP contribution in [0.1, 0.15) is 64.7 Å². The molecule has 0 amide bonds. The molecule has 274 valence electrons. The van der Waals surface area contributed by atoms with E-state index in [1.807, 2.05) is 6.07 Å². The van der Waals surface area contributed by atoms with Crippen LogP contribution in [0.4, 0.5) is 0 Å². The maximum atomic E-state index is 6.98. The predicted molar refractivity (Wildman–Crippen MR) is 230 cm³/mol. The molecule has 4 aromatic carbocycles. The minimum atomic E-state index is -0.312. The van der Waals surface area contributed by atoms with Gasteiger partial charge < -0.3 is 19.5 Å². The fraction of sp³-hybridized carbons (Fsp3) is 0.292. The van der Waals surface area contributed by atoms with Crippen LogP contribution in [0.3, 0.4) is 0 Å². The van der Waals surface area contributed by atoms with Crippen LogP contribution in [0.15, 0.2) is 150 Å². The minimum absolute atomic E-state index is 0.152. The van der Waals surface area contributed by atoms with E-state index in [1.54, 1.807) is 14.2 Å². The largest absolute Gasteiger partial charge is 0.497 e. The van der Waals surface area contributed by atoms with Crippen LogP contribution in [-0.2, 0) is 17.3 Å². The Morgan fingerprint density at radius 3 is 2.40 bits per heavy atom. The second-order valence-corrected chi connectivity index (χ2v) is 16.0. The zero-order valence-electron chi connectivity index (χ0n) is 32.3. The van der Waals surface area contributed by atoms with Crippen molar-refractivity contribution >= 4 is 33.4 Å². The van der Waals surface area contributed by atoms with E-state index in [0.29, 0.717) is 5.92 Å². The average molecular weight is 818 g/mol. The number of hydrogen-bond acceptors (Lipinski definition) is 4. The number of rotatable bonds is 12. The predicted octanol–water partition coefficient (Wildman–Crippen LogP) is 12.1. The van der Waals surface area contributed by atoms with E-state index in [0.717, 1.165) is 69.9 Å². The van der Waals surface area contributed by atoms with E-state index < -0.39 is 0 Å². The Kier molecular flexibility index (Phi) is 11.7. The van der Waals surface area contributed by atoms with Crippen LogP contribution >= 0.6 is 22.6 Å². The van der Waals surface area contributed by atoms with Gasteiger partial charge in [-0.2, -0.15) is 0 Å². The van der Waals surface area contributed by atoms with Crippen molar-refractivity contribution in [2.24, 2.45) is 5.92 Å². The van der Waals surface area contributed by atoms with Gasteiger partial charge >= 0.3 is 0 Å².